The Kier molecular flexibility index (Phi) is 4.79. The minimum absolute atomic E-state index is 0.350. The van der Waals surface area contributed by atoms with Gasteiger partial charge in [-0.15, -0.1) is 0 Å². The summed E-state index contributed by atoms with van der Waals surface area (Å²) in [4.78, 5) is 5.03. The van der Waals surface area contributed by atoms with Crippen LogP contribution in [0.4, 0.5) is 0 Å². The van der Waals surface area contributed by atoms with Crippen molar-refractivity contribution in [3.63, 3.8) is 0 Å². The van der Waals surface area contributed by atoms with E-state index in [1.165, 1.54) is 45.6 Å². The molecule has 2 aliphatic heterocycles. The van der Waals surface area contributed by atoms with Gasteiger partial charge in [-0.25, -0.2) is 0 Å². The summed E-state index contributed by atoms with van der Waals surface area (Å²) in [6, 6.07) is 0. The van der Waals surface area contributed by atoms with Crippen molar-refractivity contribution in [3.8, 4) is 0 Å². The van der Waals surface area contributed by atoms with Gasteiger partial charge in [-0.05, 0) is 26.9 Å². The first-order valence-electron chi connectivity index (χ1n) is 6.87. The van der Waals surface area contributed by atoms with Gasteiger partial charge < -0.3 is 19.9 Å². The van der Waals surface area contributed by atoms with Crippen LogP contribution in [0.15, 0.2) is 0 Å². The van der Waals surface area contributed by atoms with Crippen molar-refractivity contribution in [1.82, 2.24) is 15.1 Å². The fraction of sp³-hybridized carbons (Fsp3) is 1.00. The average Bonchev–Trinajstić information content (AvgIpc) is 2.34. The van der Waals surface area contributed by atoms with E-state index < -0.39 is 0 Å². The molecule has 0 radical (unpaired) electrons. The molecule has 4 nitrogen and oxygen atoms in total. The number of hydrogen-bond acceptors (Lipinski definition) is 4. The van der Waals surface area contributed by atoms with E-state index in [2.05, 4.69) is 29.2 Å². The Labute approximate surface area is 105 Å². The molecule has 0 bridgehead atoms. The predicted octanol–water partition coefficient (Wildman–Crippen LogP) is 0.250. The van der Waals surface area contributed by atoms with E-state index in [-0.39, 0.29) is 0 Å². The number of likely N-dealkylation sites (N-methyl/N-ethyl adjacent to an activating group) is 1. The summed E-state index contributed by atoms with van der Waals surface area (Å²) < 4.78 is 5.72. The molecule has 1 unspecified atom stereocenters. The average molecular weight is 241 g/mol. The Hall–Kier alpha value is -0.160. The molecule has 17 heavy (non-hydrogen) atoms. The van der Waals surface area contributed by atoms with Crippen molar-refractivity contribution >= 4 is 0 Å². The van der Waals surface area contributed by atoms with E-state index >= 15 is 0 Å². The molecule has 2 heterocycles. The van der Waals surface area contributed by atoms with Crippen LogP contribution >= 0.6 is 0 Å². The van der Waals surface area contributed by atoms with Crippen molar-refractivity contribution in [2.75, 3.05) is 66.6 Å². The van der Waals surface area contributed by atoms with E-state index in [9.17, 15) is 0 Å². The Morgan fingerprint density at radius 2 is 2.00 bits per heavy atom. The molecule has 0 aromatic rings. The Morgan fingerprint density at radius 1 is 1.24 bits per heavy atom. The summed E-state index contributed by atoms with van der Waals surface area (Å²) in [6.07, 6.45) is 2.52. The first-order valence-corrected chi connectivity index (χ1v) is 6.87. The van der Waals surface area contributed by atoms with Crippen LogP contribution in [-0.4, -0.2) is 76.4 Å². The van der Waals surface area contributed by atoms with E-state index in [0.29, 0.717) is 5.41 Å². The minimum Gasteiger partial charge on any atom is -0.381 e. The second-order valence-corrected chi connectivity index (χ2v) is 5.77. The molecule has 2 rings (SSSR count). The lowest BCUT2D eigenvalue weighted by molar-refractivity contribution is -0.0309. The monoisotopic (exact) mass is 241 g/mol. The lowest BCUT2D eigenvalue weighted by atomic mass is 9.81. The SMILES string of the molecule is CNCC1(CN2CCN(C)CC2)CCCOC1. The van der Waals surface area contributed by atoms with Gasteiger partial charge in [0.1, 0.15) is 0 Å². The maximum Gasteiger partial charge on any atom is 0.0546 e. The molecule has 2 saturated heterocycles. The molecule has 0 aromatic heterocycles. The standard InChI is InChI=1S/C13H27N3O/c1-14-10-13(4-3-9-17-12-13)11-16-7-5-15(2)6-8-16/h14H,3-12H2,1-2H3. The minimum atomic E-state index is 0.350. The highest BCUT2D eigenvalue weighted by Gasteiger charge is 2.34. The van der Waals surface area contributed by atoms with Crippen molar-refractivity contribution in [1.29, 1.82) is 0 Å². The number of hydrogen-bond donors (Lipinski definition) is 1. The first kappa shape index (κ1) is 13.3. The predicted molar refractivity (Wildman–Crippen MR) is 70.3 cm³/mol. The number of ether oxygens (including phenoxy) is 1. The quantitative estimate of drug-likeness (QED) is 0.763. The smallest absolute Gasteiger partial charge is 0.0546 e. The van der Waals surface area contributed by atoms with Crippen LogP contribution in [0.25, 0.3) is 0 Å². The molecular weight excluding hydrogens is 214 g/mol. The molecule has 0 saturated carbocycles. The van der Waals surface area contributed by atoms with Gasteiger partial charge in [0, 0.05) is 51.3 Å². The van der Waals surface area contributed by atoms with E-state index in [4.69, 9.17) is 4.74 Å². The van der Waals surface area contributed by atoms with Crippen LogP contribution in [-0.2, 0) is 4.74 Å². The van der Waals surface area contributed by atoms with Crippen molar-refractivity contribution < 1.29 is 4.74 Å². The second kappa shape index (κ2) is 6.14. The highest BCUT2D eigenvalue weighted by atomic mass is 16.5. The number of nitrogens with zero attached hydrogens (tertiary/aromatic N) is 2. The number of rotatable bonds is 4. The molecular formula is C13H27N3O. The summed E-state index contributed by atoms with van der Waals surface area (Å²) in [7, 11) is 4.27. The summed E-state index contributed by atoms with van der Waals surface area (Å²) in [6.45, 7) is 8.99. The summed E-state index contributed by atoms with van der Waals surface area (Å²) >= 11 is 0. The Morgan fingerprint density at radius 3 is 2.59 bits per heavy atom. The molecule has 1 N–H and O–H groups in total. The molecule has 0 spiro atoms. The van der Waals surface area contributed by atoms with E-state index in [0.717, 1.165) is 19.8 Å². The van der Waals surface area contributed by atoms with E-state index in [1.807, 2.05) is 0 Å². The van der Waals surface area contributed by atoms with Gasteiger partial charge in [-0.1, -0.05) is 0 Å². The van der Waals surface area contributed by atoms with Crippen LogP contribution < -0.4 is 5.32 Å². The van der Waals surface area contributed by atoms with Crippen molar-refractivity contribution in [2.45, 2.75) is 12.8 Å². The molecule has 0 aliphatic carbocycles. The summed E-state index contributed by atoms with van der Waals surface area (Å²) in [5, 5.41) is 3.36. The molecule has 0 amide bonds. The maximum atomic E-state index is 5.72. The van der Waals surface area contributed by atoms with Crippen molar-refractivity contribution in [3.05, 3.63) is 0 Å². The van der Waals surface area contributed by atoms with Crippen LogP contribution in [0.3, 0.4) is 0 Å². The van der Waals surface area contributed by atoms with Gasteiger partial charge in [-0.3, -0.25) is 0 Å². The molecule has 1 atom stereocenters. The number of nitrogens with one attached hydrogen (secondary N) is 1. The zero-order valence-corrected chi connectivity index (χ0v) is 11.4. The summed E-state index contributed by atoms with van der Waals surface area (Å²) in [5.41, 5.74) is 0.350. The van der Waals surface area contributed by atoms with Crippen LogP contribution in [0.1, 0.15) is 12.8 Å². The third-order valence-corrected chi connectivity index (χ3v) is 4.11. The molecule has 100 valence electrons. The van der Waals surface area contributed by atoms with E-state index in [1.54, 1.807) is 0 Å². The lowest BCUT2D eigenvalue weighted by Crippen LogP contribution is -2.53. The van der Waals surface area contributed by atoms with Crippen LogP contribution in [0.2, 0.25) is 0 Å². The highest BCUT2D eigenvalue weighted by Crippen LogP contribution is 2.29. The van der Waals surface area contributed by atoms with Gasteiger partial charge in [0.2, 0.25) is 0 Å². The van der Waals surface area contributed by atoms with Gasteiger partial charge in [-0.2, -0.15) is 0 Å². The third kappa shape index (κ3) is 3.65. The van der Waals surface area contributed by atoms with Gasteiger partial charge in [0.25, 0.3) is 0 Å². The molecule has 2 aliphatic rings. The topological polar surface area (TPSA) is 27.7 Å². The van der Waals surface area contributed by atoms with Crippen LogP contribution in [0, 0.1) is 5.41 Å². The highest BCUT2D eigenvalue weighted by molar-refractivity contribution is 4.88. The van der Waals surface area contributed by atoms with Gasteiger partial charge in [0.15, 0.2) is 0 Å². The van der Waals surface area contributed by atoms with Crippen molar-refractivity contribution in [2.24, 2.45) is 5.41 Å². The molecule has 0 aromatic carbocycles. The number of piperazine rings is 1. The normalized spacial score (nSPS) is 32.8. The summed E-state index contributed by atoms with van der Waals surface area (Å²) in [5.74, 6) is 0. The fourth-order valence-electron chi connectivity index (χ4n) is 3.09. The second-order valence-electron chi connectivity index (χ2n) is 5.77. The Balaban J connectivity index is 1.88. The Bertz CT molecular complexity index is 215. The fourth-order valence-corrected chi connectivity index (χ4v) is 3.09. The van der Waals surface area contributed by atoms with Gasteiger partial charge in [0.05, 0.1) is 6.61 Å². The molecule has 4 heteroatoms. The van der Waals surface area contributed by atoms with Gasteiger partial charge >= 0.3 is 0 Å². The first-order chi connectivity index (χ1) is 8.24. The lowest BCUT2D eigenvalue weighted by Gasteiger charge is -2.43. The third-order valence-electron chi connectivity index (χ3n) is 4.11. The zero-order valence-electron chi connectivity index (χ0n) is 11.4. The zero-order chi connectivity index (χ0) is 12.1. The maximum absolute atomic E-state index is 5.72. The van der Waals surface area contributed by atoms with Crippen LogP contribution in [0.5, 0.6) is 0 Å². The largest absolute Gasteiger partial charge is 0.381 e. The molecule has 2 fully saturated rings.